The van der Waals surface area contributed by atoms with Crippen LogP contribution in [-0.2, 0) is 14.4 Å². The number of unbranched alkanes of at least 4 members (excludes halogenated alkanes) is 11. The lowest BCUT2D eigenvalue weighted by Crippen LogP contribution is -2.43. The van der Waals surface area contributed by atoms with Gasteiger partial charge in [-0.25, -0.2) is 4.79 Å². The highest BCUT2D eigenvalue weighted by Gasteiger charge is 2.36. The zero-order valence-electron chi connectivity index (χ0n) is 23.1. The molecule has 8 heteroatoms. The van der Waals surface area contributed by atoms with Crippen molar-refractivity contribution in [3.05, 3.63) is 11.6 Å². The predicted octanol–water partition coefficient (Wildman–Crippen LogP) is 6.33. The van der Waals surface area contributed by atoms with Crippen LogP contribution in [0.5, 0.6) is 0 Å². The number of thioether (sulfide) groups is 1. The van der Waals surface area contributed by atoms with Gasteiger partial charge in [-0.2, -0.15) is 0 Å². The van der Waals surface area contributed by atoms with Crippen molar-refractivity contribution >= 4 is 29.6 Å². The van der Waals surface area contributed by atoms with Crippen LogP contribution < -0.4 is 5.32 Å². The average Bonchev–Trinajstić information content (AvgIpc) is 2.85. The zero-order valence-corrected chi connectivity index (χ0v) is 23.9. The third-order valence-corrected chi connectivity index (χ3v) is 8.59. The number of hydrogen-bond donors (Lipinski definition) is 4. The van der Waals surface area contributed by atoms with Crippen LogP contribution >= 0.6 is 11.8 Å². The second-order valence-electron chi connectivity index (χ2n) is 10.5. The van der Waals surface area contributed by atoms with Gasteiger partial charge in [0.2, 0.25) is 5.91 Å². The molecule has 4 N–H and O–H groups in total. The van der Waals surface area contributed by atoms with E-state index in [1.54, 1.807) is 0 Å². The molecule has 1 aliphatic rings. The molecule has 0 aromatic carbocycles. The minimum atomic E-state index is -1.05. The van der Waals surface area contributed by atoms with E-state index in [2.05, 4.69) is 18.3 Å². The first-order valence-electron chi connectivity index (χ1n) is 14.5. The van der Waals surface area contributed by atoms with Crippen LogP contribution in [0.25, 0.3) is 0 Å². The van der Waals surface area contributed by atoms with Gasteiger partial charge < -0.3 is 20.6 Å². The SMILES string of the molecule is CCCCCCCCCCCCC/C=C1\CC[C@@H](CC(=O)O)[C@H](O)[C@H]1SCC(=O)NC(CCC)C(=O)O. The van der Waals surface area contributed by atoms with E-state index in [9.17, 15) is 29.7 Å². The van der Waals surface area contributed by atoms with Crippen LogP contribution in [0, 0.1) is 5.92 Å². The Bertz CT molecular complexity index is 698. The molecule has 0 aromatic rings. The molecule has 0 spiro atoms. The first kappa shape index (κ1) is 33.5. The first-order valence-corrected chi connectivity index (χ1v) is 15.6. The molecule has 0 saturated heterocycles. The summed E-state index contributed by atoms with van der Waals surface area (Å²) in [6, 6.07) is -0.912. The smallest absolute Gasteiger partial charge is 0.326 e. The van der Waals surface area contributed by atoms with Crippen molar-refractivity contribution in [1.29, 1.82) is 0 Å². The number of nitrogens with one attached hydrogen (secondary N) is 1. The van der Waals surface area contributed by atoms with E-state index < -0.39 is 24.1 Å². The summed E-state index contributed by atoms with van der Waals surface area (Å²) < 4.78 is 0. The van der Waals surface area contributed by atoms with Gasteiger partial charge in [0, 0.05) is 0 Å². The lowest BCUT2D eigenvalue weighted by atomic mass is 9.80. The highest BCUT2D eigenvalue weighted by molar-refractivity contribution is 8.00. The number of aliphatic hydroxyl groups is 1. The van der Waals surface area contributed by atoms with E-state index in [1.807, 2.05) is 6.92 Å². The Morgan fingerprint density at radius 2 is 1.54 bits per heavy atom. The molecular weight excluding hydrogens is 490 g/mol. The lowest BCUT2D eigenvalue weighted by Gasteiger charge is -2.36. The third kappa shape index (κ3) is 14.8. The molecular formula is C29H51NO6S. The summed E-state index contributed by atoms with van der Waals surface area (Å²) >= 11 is 1.29. The van der Waals surface area contributed by atoms with Crippen molar-refractivity contribution in [1.82, 2.24) is 5.32 Å². The van der Waals surface area contributed by atoms with E-state index in [4.69, 9.17) is 0 Å². The van der Waals surface area contributed by atoms with Crippen molar-refractivity contribution in [2.75, 3.05) is 5.75 Å². The van der Waals surface area contributed by atoms with Crippen LogP contribution in [0.4, 0.5) is 0 Å². The summed E-state index contributed by atoms with van der Waals surface area (Å²) in [7, 11) is 0. The number of hydrogen-bond acceptors (Lipinski definition) is 5. The minimum absolute atomic E-state index is 0.0325. The summed E-state index contributed by atoms with van der Waals surface area (Å²) in [6.45, 7) is 4.11. The molecule has 1 aliphatic carbocycles. The highest BCUT2D eigenvalue weighted by Crippen LogP contribution is 2.38. The minimum Gasteiger partial charge on any atom is -0.481 e. The van der Waals surface area contributed by atoms with Crippen molar-refractivity contribution in [2.24, 2.45) is 5.92 Å². The second-order valence-corrected chi connectivity index (χ2v) is 11.6. The molecule has 0 radical (unpaired) electrons. The summed E-state index contributed by atoms with van der Waals surface area (Å²) in [4.78, 5) is 35.0. The van der Waals surface area contributed by atoms with Gasteiger partial charge in [0.25, 0.3) is 0 Å². The monoisotopic (exact) mass is 541 g/mol. The molecule has 1 unspecified atom stereocenters. The molecule has 37 heavy (non-hydrogen) atoms. The number of carbonyl (C=O) groups is 3. The largest absolute Gasteiger partial charge is 0.481 e. The number of aliphatic carboxylic acids is 2. The number of rotatable bonds is 21. The van der Waals surface area contributed by atoms with Crippen molar-refractivity contribution in [2.45, 2.75) is 140 Å². The van der Waals surface area contributed by atoms with Crippen molar-refractivity contribution in [3.63, 3.8) is 0 Å². The Morgan fingerprint density at radius 3 is 2.08 bits per heavy atom. The normalized spacial score (nSPS) is 21.6. The Morgan fingerprint density at radius 1 is 0.946 bits per heavy atom. The molecule has 1 saturated carbocycles. The van der Waals surface area contributed by atoms with E-state index >= 15 is 0 Å². The molecule has 0 heterocycles. The molecule has 214 valence electrons. The molecule has 7 nitrogen and oxygen atoms in total. The summed E-state index contributed by atoms with van der Waals surface area (Å²) in [5.74, 6) is -2.66. The average molecular weight is 542 g/mol. The van der Waals surface area contributed by atoms with Gasteiger partial charge >= 0.3 is 11.9 Å². The van der Waals surface area contributed by atoms with Crippen LogP contribution in [-0.4, -0.2) is 56.3 Å². The number of allylic oxidation sites excluding steroid dienone is 1. The third-order valence-electron chi connectivity index (χ3n) is 7.22. The maximum atomic E-state index is 12.4. The summed E-state index contributed by atoms with van der Waals surface area (Å²) in [6.07, 6.45) is 18.7. The van der Waals surface area contributed by atoms with Gasteiger partial charge in [0.15, 0.2) is 0 Å². The zero-order chi connectivity index (χ0) is 27.5. The number of aliphatic hydroxyl groups excluding tert-OH is 1. The molecule has 0 aromatic heterocycles. The summed E-state index contributed by atoms with van der Waals surface area (Å²) in [5, 5.41) is 31.7. The van der Waals surface area contributed by atoms with Gasteiger partial charge in [-0.1, -0.05) is 96.1 Å². The standard InChI is InChI=1S/C29H51NO6S/c1-3-5-6-7-8-9-10-11-12-13-14-15-17-22-18-19-23(20-26(32)33)27(34)28(22)37-21-25(31)30-24(16-4-2)29(35)36/h17,23-24,27-28,34H,3-16,18-21H2,1-2H3,(H,30,31)(H,32,33)(H,35,36)/b22-17+/t23-,24?,27-,28-/m0/s1. The number of carbonyl (C=O) groups excluding carboxylic acids is 1. The van der Waals surface area contributed by atoms with Crippen molar-refractivity contribution < 1.29 is 29.7 Å². The van der Waals surface area contributed by atoms with Crippen LogP contribution in [0.3, 0.4) is 0 Å². The van der Waals surface area contributed by atoms with Crippen LogP contribution in [0.1, 0.15) is 123 Å². The molecule has 1 amide bonds. The van der Waals surface area contributed by atoms with Gasteiger partial charge in [0.05, 0.1) is 23.5 Å². The molecule has 1 fully saturated rings. The molecule has 4 atom stereocenters. The Kier molecular flexibility index (Phi) is 18.5. The van der Waals surface area contributed by atoms with E-state index in [0.717, 1.165) is 24.8 Å². The lowest BCUT2D eigenvalue weighted by molar-refractivity contribution is -0.141. The first-order chi connectivity index (χ1) is 17.8. The Labute approximate surface area is 228 Å². The van der Waals surface area contributed by atoms with Crippen LogP contribution in [0.2, 0.25) is 0 Å². The van der Waals surface area contributed by atoms with E-state index in [0.29, 0.717) is 19.3 Å². The number of carboxylic acids is 2. The Balaban J connectivity index is 2.52. The highest BCUT2D eigenvalue weighted by atomic mass is 32.2. The fourth-order valence-corrected chi connectivity index (χ4v) is 6.31. The fraction of sp³-hybridized carbons (Fsp3) is 0.828. The molecule has 0 aliphatic heterocycles. The van der Waals surface area contributed by atoms with Gasteiger partial charge in [0.1, 0.15) is 6.04 Å². The maximum Gasteiger partial charge on any atom is 0.326 e. The molecule has 0 bridgehead atoms. The predicted molar refractivity (Wildman–Crippen MR) is 151 cm³/mol. The van der Waals surface area contributed by atoms with Gasteiger partial charge in [-0.3, -0.25) is 9.59 Å². The van der Waals surface area contributed by atoms with Gasteiger partial charge in [-0.15, -0.1) is 11.8 Å². The Hall–Kier alpha value is -1.54. The van der Waals surface area contributed by atoms with Crippen molar-refractivity contribution in [3.8, 4) is 0 Å². The second kappa shape index (κ2) is 20.4. The van der Waals surface area contributed by atoms with Crippen LogP contribution in [0.15, 0.2) is 11.6 Å². The number of amides is 1. The number of carboxylic acid groups (broad SMARTS) is 2. The quantitative estimate of drug-likeness (QED) is 0.0988. The summed E-state index contributed by atoms with van der Waals surface area (Å²) in [5.41, 5.74) is 1.09. The fourth-order valence-electron chi connectivity index (χ4n) is 5.05. The van der Waals surface area contributed by atoms with E-state index in [1.165, 1.54) is 76.0 Å². The maximum absolute atomic E-state index is 12.4. The van der Waals surface area contributed by atoms with E-state index in [-0.39, 0.29) is 29.2 Å². The molecule has 1 rings (SSSR count). The topological polar surface area (TPSA) is 124 Å². The van der Waals surface area contributed by atoms with Gasteiger partial charge in [-0.05, 0) is 38.0 Å².